The van der Waals surface area contributed by atoms with Gasteiger partial charge in [0.1, 0.15) is 5.75 Å². The number of nitrogen functional groups attached to an aromatic ring is 1. The number of anilines is 2. The van der Waals surface area contributed by atoms with E-state index in [-0.39, 0.29) is 12.5 Å². The molecule has 0 aromatic heterocycles. The van der Waals surface area contributed by atoms with Crippen LogP contribution in [0, 0.1) is 11.3 Å². The van der Waals surface area contributed by atoms with Gasteiger partial charge in [0, 0.05) is 0 Å². The maximum absolute atomic E-state index is 11.7. The Hall–Kier alpha value is -3.00. The lowest BCUT2D eigenvalue weighted by atomic mass is 10.2. The van der Waals surface area contributed by atoms with Crippen molar-refractivity contribution >= 4 is 17.3 Å². The van der Waals surface area contributed by atoms with E-state index in [1.807, 2.05) is 6.07 Å². The molecule has 5 nitrogen and oxygen atoms in total. The van der Waals surface area contributed by atoms with Gasteiger partial charge >= 0.3 is 0 Å². The zero-order chi connectivity index (χ0) is 14.4. The number of benzene rings is 2. The number of para-hydroxylation sites is 2. The smallest absolute Gasteiger partial charge is 0.262 e. The van der Waals surface area contributed by atoms with E-state index in [4.69, 9.17) is 15.7 Å². The second kappa shape index (κ2) is 6.25. The first-order valence-electron chi connectivity index (χ1n) is 5.96. The van der Waals surface area contributed by atoms with E-state index in [0.717, 1.165) is 0 Å². The first kappa shape index (κ1) is 13.4. The van der Waals surface area contributed by atoms with Crippen LogP contribution in [0.1, 0.15) is 5.56 Å². The van der Waals surface area contributed by atoms with E-state index in [1.165, 1.54) is 0 Å². The number of hydrogen-bond donors (Lipinski definition) is 2. The Bertz CT molecular complexity index is 645. The maximum Gasteiger partial charge on any atom is 0.262 e. The minimum Gasteiger partial charge on any atom is -0.484 e. The van der Waals surface area contributed by atoms with E-state index in [0.29, 0.717) is 22.7 Å². The number of carbonyl (C=O) groups is 1. The van der Waals surface area contributed by atoms with E-state index < -0.39 is 0 Å². The van der Waals surface area contributed by atoms with Crippen molar-refractivity contribution in [3.63, 3.8) is 0 Å². The molecule has 0 saturated carbocycles. The molecule has 2 rings (SSSR count). The van der Waals surface area contributed by atoms with E-state index in [1.54, 1.807) is 48.5 Å². The van der Waals surface area contributed by atoms with Gasteiger partial charge in [0.25, 0.3) is 5.91 Å². The molecule has 0 saturated heterocycles. The zero-order valence-corrected chi connectivity index (χ0v) is 10.7. The first-order valence-corrected chi connectivity index (χ1v) is 5.96. The summed E-state index contributed by atoms with van der Waals surface area (Å²) in [6, 6.07) is 15.5. The highest BCUT2D eigenvalue weighted by Gasteiger charge is 2.05. The molecule has 0 heterocycles. The number of ether oxygens (including phenoxy) is 1. The van der Waals surface area contributed by atoms with Gasteiger partial charge in [0.05, 0.1) is 23.0 Å². The molecular weight excluding hydrogens is 254 g/mol. The first-order chi connectivity index (χ1) is 9.69. The third kappa shape index (κ3) is 3.50. The molecule has 3 N–H and O–H groups in total. The Labute approximate surface area is 116 Å². The van der Waals surface area contributed by atoms with Crippen LogP contribution in [-0.4, -0.2) is 12.5 Å². The molecule has 20 heavy (non-hydrogen) atoms. The maximum atomic E-state index is 11.7. The van der Waals surface area contributed by atoms with Crippen LogP contribution >= 0.6 is 0 Å². The molecular formula is C15H13N3O2. The summed E-state index contributed by atoms with van der Waals surface area (Å²) in [7, 11) is 0. The molecule has 0 radical (unpaired) electrons. The van der Waals surface area contributed by atoms with Crippen molar-refractivity contribution in [1.29, 1.82) is 5.26 Å². The third-order valence-corrected chi connectivity index (χ3v) is 2.59. The summed E-state index contributed by atoms with van der Waals surface area (Å²) in [5, 5.41) is 11.3. The number of rotatable bonds is 4. The Morgan fingerprint density at radius 2 is 1.90 bits per heavy atom. The summed E-state index contributed by atoms with van der Waals surface area (Å²) < 4.78 is 5.32. The van der Waals surface area contributed by atoms with Gasteiger partial charge in [-0.25, -0.2) is 0 Å². The van der Waals surface area contributed by atoms with Crippen LogP contribution in [-0.2, 0) is 4.79 Å². The topological polar surface area (TPSA) is 88.1 Å². The predicted molar refractivity (Wildman–Crippen MR) is 76.1 cm³/mol. The molecule has 5 heteroatoms. The molecule has 0 bridgehead atoms. The summed E-state index contributed by atoms with van der Waals surface area (Å²) in [6.45, 7) is -0.125. The molecule has 0 fully saturated rings. The quantitative estimate of drug-likeness (QED) is 0.831. The molecule has 0 aliphatic heterocycles. The fourth-order valence-corrected chi connectivity index (χ4v) is 1.57. The lowest BCUT2D eigenvalue weighted by Gasteiger charge is -2.09. The molecule has 0 aliphatic carbocycles. The number of nitrogens with one attached hydrogen (secondary N) is 1. The highest BCUT2D eigenvalue weighted by Crippen LogP contribution is 2.16. The summed E-state index contributed by atoms with van der Waals surface area (Å²) in [5.41, 5.74) is 7.32. The van der Waals surface area contributed by atoms with Crippen molar-refractivity contribution < 1.29 is 9.53 Å². The predicted octanol–water partition coefficient (Wildman–Crippen LogP) is 2.16. The lowest BCUT2D eigenvalue weighted by molar-refractivity contribution is -0.118. The number of carbonyl (C=O) groups excluding carboxylic acids is 1. The van der Waals surface area contributed by atoms with Gasteiger partial charge in [-0.3, -0.25) is 4.79 Å². The van der Waals surface area contributed by atoms with Crippen LogP contribution < -0.4 is 15.8 Å². The number of nitrogens with two attached hydrogens (primary N) is 1. The second-order valence-electron chi connectivity index (χ2n) is 4.06. The summed E-state index contributed by atoms with van der Waals surface area (Å²) in [4.78, 5) is 11.7. The van der Waals surface area contributed by atoms with E-state index in [2.05, 4.69) is 5.32 Å². The highest BCUT2D eigenvalue weighted by molar-refractivity contribution is 5.94. The zero-order valence-electron chi connectivity index (χ0n) is 10.7. The number of amides is 1. The largest absolute Gasteiger partial charge is 0.484 e. The SMILES string of the molecule is N#Cc1ccc(OCC(=O)Nc2ccccc2N)cc1. The molecule has 0 spiro atoms. The lowest BCUT2D eigenvalue weighted by Crippen LogP contribution is -2.20. The molecule has 0 aliphatic rings. The van der Waals surface area contributed by atoms with Gasteiger partial charge in [0.2, 0.25) is 0 Å². The van der Waals surface area contributed by atoms with Crippen molar-refractivity contribution in [3.05, 3.63) is 54.1 Å². The molecule has 0 unspecified atom stereocenters. The minimum absolute atomic E-state index is 0.125. The van der Waals surface area contributed by atoms with Crippen LogP contribution in [0.5, 0.6) is 5.75 Å². The summed E-state index contributed by atoms with van der Waals surface area (Å²) in [5.74, 6) is 0.229. The van der Waals surface area contributed by atoms with Crippen molar-refractivity contribution in [3.8, 4) is 11.8 Å². The van der Waals surface area contributed by atoms with Gasteiger partial charge in [-0.15, -0.1) is 0 Å². The summed E-state index contributed by atoms with van der Waals surface area (Å²) >= 11 is 0. The standard InChI is InChI=1S/C15H13N3O2/c16-9-11-5-7-12(8-6-11)20-10-15(19)18-14-4-2-1-3-13(14)17/h1-8H,10,17H2,(H,18,19). The number of nitrogens with zero attached hydrogens (tertiary/aromatic N) is 1. The van der Waals surface area contributed by atoms with Crippen LogP contribution in [0.2, 0.25) is 0 Å². The van der Waals surface area contributed by atoms with Crippen molar-refractivity contribution in [2.45, 2.75) is 0 Å². The van der Waals surface area contributed by atoms with Gasteiger partial charge in [0.15, 0.2) is 6.61 Å². The Morgan fingerprint density at radius 3 is 2.55 bits per heavy atom. The Balaban J connectivity index is 1.89. The normalized spacial score (nSPS) is 9.55. The molecule has 2 aromatic rings. The monoisotopic (exact) mass is 267 g/mol. The highest BCUT2D eigenvalue weighted by atomic mass is 16.5. The third-order valence-electron chi connectivity index (χ3n) is 2.59. The van der Waals surface area contributed by atoms with Crippen LogP contribution in [0.25, 0.3) is 0 Å². The van der Waals surface area contributed by atoms with Gasteiger partial charge in [-0.05, 0) is 36.4 Å². The van der Waals surface area contributed by atoms with Crippen molar-refractivity contribution in [1.82, 2.24) is 0 Å². The van der Waals surface area contributed by atoms with Crippen molar-refractivity contribution in [2.24, 2.45) is 0 Å². The van der Waals surface area contributed by atoms with Crippen LogP contribution in [0.15, 0.2) is 48.5 Å². The van der Waals surface area contributed by atoms with Gasteiger partial charge in [-0.2, -0.15) is 5.26 Å². The van der Waals surface area contributed by atoms with E-state index >= 15 is 0 Å². The number of nitriles is 1. The van der Waals surface area contributed by atoms with Crippen molar-refractivity contribution in [2.75, 3.05) is 17.7 Å². The van der Waals surface area contributed by atoms with Gasteiger partial charge < -0.3 is 15.8 Å². The average molecular weight is 267 g/mol. The van der Waals surface area contributed by atoms with Crippen LogP contribution in [0.4, 0.5) is 11.4 Å². The second-order valence-corrected chi connectivity index (χ2v) is 4.06. The fourth-order valence-electron chi connectivity index (χ4n) is 1.57. The summed E-state index contributed by atoms with van der Waals surface area (Å²) in [6.07, 6.45) is 0. The van der Waals surface area contributed by atoms with E-state index in [9.17, 15) is 4.79 Å². The molecule has 2 aromatic carbocycles. The number of hydrogen-bond acceptors (Lipinski definition) is 4. The fraction of sp³-hybridized carbons (Fsp3) is 0.0667. The Kier molecular flexibility index (Phi) is 4.20. The molecule has 1 amide bonds. The Morgan fingerprint density at radius 1 is 1.20 bits per heavy atom. The van der Waals surface area contributed by atoms with Crippen LogP contribution in [0.3, 0.4) is 0 Å². The minimum atomic E-state index is -0.299. The average Bonchev–Trinajstić information content (AvgIpc) is 2.48. The van der Waals surface area contributed by atoms with Gasteiger partial charge in [-0.1, -0.05) is 12.1 Å². The molecule has 100 valence electrons. The molecule has 0 atom stereocenters.